The molecule has 0 saturated carbocycles. The van der Waals surface area contributed by atoms with Gasteiger partial charge in [0.05, 0.1) is 12.8 Å². The van der Waals surface area contributed by atoms with E-state index in [0.717, 1.165) is 5.56 Å². The van der Waals surface area contributed by atoms with Crippen LogP contribution in [0.1, 0.15) is 5.56 Å². The van der Waals surface area contributed by atoms with Crippen molar-refractivity contribution in [2.24, 2.45) is 5.10 Å². The maximum absolute atomic E-state index is 11.0. The van der Waals surface area contributed by atoms with Crippen molar-refractivity contribution in [3.63, 3.8) is 0 Å². The van der Waals surface area contributed by atoms with Crippen LogP contribution in [0.15, 0.2) is 29.4 Å². The Morgan fingerprint density at radius 2 is 2.06 bits per heavy atom. The van der Waals surface area contributed by atoms with E-state index in [1.165, 1.54) is 7.11 Å². The molecule has 16 heavy (non-hydrogen) atoms. The van der Waals surface area contributed by atoms with E-state index in [-0.39, 0.29) is 5.71 Å². The van der Waals surface area contributed by atoms with Crippen LogP contribution in [0, 0.1) is 18.3 Å². The molecule has 0 atom stereocenters. The van der Waals surface area contributed by atoms with Crippen LogP contribution < -0.4 is 5.43 Å². The molecule has 0 saturated heterocycles. The SMILES string of the molecule is COC(=O)C(C#N)=NNc1ccc(C)cc1. The molecule has 5 heteroatoms. The Morgan fingerprint density at radius 1 is 1.44 bits per heavy atom. The number of hydrogen-bond acceptors (Lipinski definition) is 5. The molecule has 1 aromatic carbocycles. The van der Waals surface area contributed by atoms with Gasteiger partial charge >= 0.3 is 5.97 Å². The first-order valence-electron chi connectivity index (χ1n) is 4.56. The molecule has 0 amide bonds. The van der Waals surface area contributed by atoms with Crippen LogP contribution in [0.2, 0.25) is 0 Å². The summed E-state index contributed by atoms with van der Waals surface area (Å²) < 4.78 is 4.38. The minimum absolute atomic E-state index is 0.317. The fourth-order valence-electron chi connectivity index (χ4n) is 0.962. The lowest BCUT2D eigenvalue weighted by atomic mass is 10.2. The first-order chi connectivity index (χ1) is 7.67. The number of ether oxygens (including phenoxy) is 1. The summed E-state index contributed by atoms with van der Waals surface area (Å²) in [4.78, 5) is 11.0. The average Bonchev–Trinajstić information content (AvgIpc) is 2.31. The van der Waals surface area contributed by atoms with Gasteiger partial charge in [-0.15, -0.1) is 0 Å². The van der Waals surface area contributed by atoms with E-state index in [9.17, 15) is 4.79 Å². The highest BCUT2D eigenvalue weighted by Crippen LogP contribution is 2.08. The molecule has 82 valence electrons. The molecular weight excluding hydrogens is 206 g/mol. The molecule has 0 radical (unpaired) electrons. The van der Waals surface area contributed by atoms with E-state index < -0.39 is 5.97 Å². The predicted molar refractivity (Wildman–Crippen MR) is 59.9 cm³/mol. The first kappa shape index (κ1) is 11.7. The summed E-state index contributed by atoms with van der Waals surface area (Å²) >= 11 is 0. The minimum atomic E-state index is -0.762. The lowest BCUT2D eigenvalue weighted by Crippen LogP contribution is -2.15. The molecule has 0 unspecified atom stereocenters. The summed E-state index contributed by atoms with van der Waals surface area (Å²) in [6, 6.07) is 9.02. The van der Waals surface area contributed by atoms with E-state index in [1.807, 2.05) is 19.1 Å². The van der Waals surface area contributed by atoms with E-state index >= 15 is 0 Å². The van der Waals surface area contributed by atoms with Crippen LogP contribution in [0.3, 0.4) is 0 Å². The average molecular weight is 217 g/mol. The lowest BCUT2D eigenvalue weighted by molar-refractivity contribution is -0.132. The van der Waals surface area contributed by atoms with Gasteiger partial charge in [0.2, 0.25) is 5.71 Å². The normalized spacial score (nSPS) is 10.4. The van der Waals surface area contributed by atoms with Crippen LogP contribution in [-0.4, -0.2) is 18.8 Å². The van der Waals surface area contributed by atoms with Gasteiger partial charge in [-0.2, -0.15) is 10.4 Å². The number of carbonyl (C=O) groups is 1. The third-order valence-electron chi connectivity index (χ3n) is 1.83. The van der Waals surface area contributed by atoms with Crippen molar-refractivity contribution in [3.8, 4) is 6.07 Å². The first-order valence-corrected chi connectivity index (χ1v) is 4.56. The molecule has 1 aromatic rings. The highest BCUT2D eigenvalue weighted by Gasteiger charge is 2.10. The van der Waals surface area contributed by atoms with Gasteiger partial charge in [-0.25, -0.2) is 4.79 Å². The van der Waals surface area contributed by atoms with Crippen molar-refractivity contribution >= 4 is 17.4 Å². The number of nitrogens with one attached hydrogen (secondary N) is 1. The third-order valence-corrected chi connectivity index (χ3v) is 1.83. The maximum Gasteiger partial charge on any atom is 0.369 e. The van der Waals surface area contributed by atoms with Gasteiger partial charge in [0.15, 0.2) is 0 Å². The van der Waals surface area contributed by atoms with Gasteiger partial charge in [-0.05, 0) is 19.1 Å². The number of carbonyl (C=O) groups excluding carboxylic acids is 1. The molecule has 0 bridgehead atoms. The van der Waals surface area contributed by atoms with Crippen molar-refractivity contribution in [2.75, 3.05) is 12.5 Å². The number of nitrogens with zero attached hydrogens (tertiary/aromatic N) is 2. The van der Waals surface area contributed by atoms with Crippen LogP contribution >= 0.6 is 0 Å². The quantitative estimate of drug-likeness (QED) is 0.472. The number of rotatable bonds is 3. The van der Waals surface area contributed by atoms with E-state index in [0.29, 0.717) is 5.69 Å². The molecule has 0 aliphatic carbocycles. The summed E-state index contributed by atoms with van der Waals surface area (Å²) in [5.74, 6) is -0.762. The molecule has 0 aliphatic heterocycles. The fraction of sp³-hybridized carbons (Fsp3) is 0.182. The molecule has 0 spiro atoms. The Kier molecular flexibility index (Phi) is 4.04. The Balaban J connectivity index is 2.75. The van der Waals surface area contributed by atoms with E-state index in [2.05, 4.69) is 15.3 Å². The van der Waals surface area contributed by atoms with E-state index in [1.54, 1.807) is 18.2 Å². The zero-order valence-corrected chi connectivity index (χ0v) is 9.02. The van der Waals surface area contributed by atoms with Crippen LogP contribution in [0.25, 0.3) is 0 Å². The van der Waals surface area contributed by atoms with Crippen molar-refractivity contribution < 1.29 is 9.53 Å². The number of methoxy groups -OCH3 is 1. The molecule has 0 aromatic heterocycles. The number of hydrogen-bond donors (Lipinski definition) is 1. The van der Waals surface area contributed by atoms with Gasteiger partial charge in [0.1, 0.15) is 6.07 Å². The molecule has 1 N–H and O–H groups in total. The summed E-state index contributed by atoms with van der Waals surface area (Å²) in [7, 11) is 1.20. The number of benzene rings is 1. The number of anilines is 1. The highest BCUT2D eigenvalue weighted by atomic mass is 16.5. The second kappa shape index (κ2) is 5.51. The maximum atomic E-state index is 11.0. The number of esters is 1. The Bertz CT molecular complexity index is 443. The standard InChI is InChI=1S/C11H11N3O2/c1-8-3-5-9(6-4-8)13-14-10(7-12)11(15)16-2/h3-6,13H,1-2H3. The lowest BCUT2D eigenvalue weighted by Gasteiger charge is -2.01. The number of aryl methyl sites for hydroxylation is 1. The summed E-state index contributed by atoms with van der Waals surface area (Å²) in [6.07, 6.45) is 0. The topological polar surface area (TPSA) is 74.5 Å². The molecule has 0 heterocycles. The second-order valence-corrected chi connectivity index (χ2v) is 3.04. The second-order valence-electron chi connectivity index (χ2n) is 3.04. The minimum Gasteiger partial charge on any atom is -0.464 e. The molecular formula is C11H11N3O2. The van der Waals surface area contributed by atoms with Crippen LogP contribution in [-0.2, 0) is 9.53 Å². The van der Waals surface area contributed by atoms with Crippen LogP contribution in [0.4, 0.5) is 5.69 Å². The van der Waals surface area contributed by atoms with Gasteiger partial charge in [0.25, 0.3) is 0 Å². The molecule has 0 fully saturated rings. The van der Waals surface area contributed by atoms with Crippen molar-refractivity contribution in [3.05, 3.63) is 29.8 Å². The zero-order valence-electron chi connectivity index (χ0n) is 9.02. The smallest absolute Gasteiger partial charge is 0.369 e. The highest BCUT2D eigenvalue weighted by molar-refractivity contribution is 6.43. The number of nitriles is 1. The Labute approximate surface area is 93.3 Å². The van der Waals surface area contributed by atoms with Gasteiger partial charge in [-0.1, -0.05) is 17.7 Å². The fourth-order valence-corrected chi connectivity index (χ4v) is 0.962. The Hall–Kier alpha value is -2.35. The van der Waals surface area contributed by atoms with Gasteiger partial charge in [-0.3, -0.25) is 5.43 Å². The third kappa shape index (κ3) is 3.10. The Morgan fingerprint density at radius 3 is 2.56 bits per heavy atom. The summed E-state index contributed by atoms with van der Waals surface area (Å²) in [5.41, 5.74) is 4.10. The zero-order chi connectivity index (χ0) is 12.0. The van der Waals surface area contributed by atoms with Gasteiger partial charge < -0.3 is 4.74 Å². The van der Waals surface area contributed by atoms with E-state index in [4.69, 9.17) is 5.26 Å². The molecule has 5 nitrogen and oxygen atoms in total. The summed E-state index contributed by atoms with van der Waals surface area (Å²) in [5, 5.41) is 12.3. The molecule has 1 rings (SSSR count). The monoisotopic (exact) mass is 217 g/mol. The van der Waals surface area contributed by atoms with Crippen LogP contribution in [0.5, 0.6) is 0 Å². The summed E-state index contributed by atoms with van der Waals surface area (Å²) in [6.45, 7) is 1.96. The van der Waals surface area contributed by atoms with Crippen molar-refractivity contribution in [1.29, 1.82) is 5.26 Å². The van der Waals surface area contributed by atoms with Gasteiger partial charge in [0, 0.05) is 0 Å². The largest absolute Gasteiger partial charge is 0.464 e. The van der Waals surface area contributed by atoms with Crippen molar-refractivity contribution in [2.45, 2.75) is 6.92 Å². The van der Waals surface area contributed by atoms with Crippen molar-refractivity contribution in [1.82, 2.24) is 0 Å². The number of hydrazone groups is 1. The molecule has 0 aliphatic rings. The predicted octanol–water partition coefficient (Wildman–Crippen LogP) is 1.46.